The summed E-state index contributed by atoms with van der Waals surface area (Å²) < 4.78 is 20.9. The van der Waals surface area contributed by atoms with E-state index in [1.54, 1.807) is 17.2 Å². The van der Waals surface area contributed by atoms with E-state index in [-0.39, 0.29) is 46.3 Å². The Morgan fingerprint density at radius 1 is 1.32 bits per heavy atom. The quantitative estimate of drug-likeness (QED) is 0.411. The molecule has 0 unspecified atom stereocenters. The zero-order valence-electron chi connectivity index (χ0n) is 20.3. The third kappa shape index (κ3) is 4.00. The van der Waals surface area contributed by atoms with Crippen LogP contribution in [0, 0.1) is 23.1 Å². The van der Waals surface area contributed by atoms with E-state index in [0.717, 1.165) is 19.0 Å². The van der Waals surface area contributed by atoms with E-state index in [1.165, 1.54) is 30.0 Å². The third-order valence-electron chi connectivity index (χ3n) is 7.21. The standard InChI is InChI=1S/C25H22FN9O3/c1-38-21-8-16(17(26)12-28-21)18-9-19(33-32-18)24(37)34-6-2-14(10-25(34)4-5-25)23(36)31-20-13-29-35-7-3-15(11-27)30-22(20)35/h3,7-9,12-14H,2,4-6,10H2,1H3,(H,31,36)(H,32,33)/t14-/m0/s1. The molecule has 12 nitrogen and oxygen atoms in total. The van der Waals surface area contributed by atoms with Gasteiger partial charge in [-0.1, -0.05) is 0 Å². The minimum Gasteiger partial charge on any atom is -0.481 e. The lowest BCUT2D eigenvalue weighted by Gasteiger charge is -2.39. The zero-order valence-corrected chi connectivity index (χ0v) is 20.3. The van der Waals surface area contributed by atoms with Crippen molar-refractivity contribution in [2.75, 3.05) is 19.0 Å². The number of piperidine rings is 1. The number of carbonyl (C=O) groups excluding carboxylic acids is 2. The molecule has 1 atom stereocenters. The number of amides is 2. The van der Waals surface area contributed by atoms with E-state index in [4.69, 9.17) is 10.00 Å². The lowest BCUT2D eigenvalue weighted by molar-refractivity contribution is -0.122. The molecule has 2 amide bonds. The van der Waals surface area contributed by atoms with Crippen LogP contribution in [0.25, 0.3) is 16.9 Å². The Balaban J connectivity index is 1.16. The van der Waals surface area contributed by atoms with Crippen molar-refractivity contribution in [2.24, 2.45) is 5.92 Å². The van der Waals surface area contributed by atoms with E-state index >= 15 is 0 Å². The Bertz CT molecular complexity index is 1620. The molecule has 0 radical (unpaired) electrons. The van der Waals surface area contributed by atoms with E-state index in [2.05, 4.69) is 30.6 Å². The van der Waals surface area contributed by atoms with Crippen molar-refractivity contribution in [1.29, 1.82) is 5.26 Å². The fourth-order valence-corrected chi connectivity index (χ4v) is 5.05. The Hall–Kier alpha value is -4.86. The van der Waals surface area contributed by atoms with Crippen LogP contribution in [0.5, 0.6) is 5.88 Å². The fourth-order valence-electron chi connectivity index (χ4n) is 5.05. The Kier molecular flexibility index (Phi) is 5.52. The topological polar surface area (TPSA) is 154 Å². The summed E-state index contributed by atoms with van der Waals surface area (Å²) >= 11 is 0. The molecule has 5 heterocycles. The van der Waals surface area contributed by atoms with Gasteiger partial charge in [-0.25, -0.2) is 18.9 Å². The van der Waals surface area contributed by atoms with Crippen molar-refractivity contribution in [3.63, 3.8) is 0 Å². The molecule has 0 aromatic carbocycles. The highest BCUT2D eigenvalue weighted by molar-refractivity contribution is 5.97. The number of hydrogen-bond acceptors (Lipinski definition) is 8. The Morgan fingerprint density at radius 3 is 2.92 bits per heavy atom. The van der Waals surface area contributed by atoms with Gasteiger partial charge in [0.25, 0.3) is 5.91 Å². The Labute approximate surface area is 215 Å². The van der Waals surface area contributed by atoms with E-state index in [0.29, 0.717) is 30.7 Å². The largest absolute Gasteiger partial charge is 0.481 e. The second kappa shape index (κ2) is 8.91. The van der Waals surface area contributed by atoms with E-state index in [9.17, 15) is 14.0 Å². The monoisotopic (exact) mass is 515 g/mol. The number of halogens is 1. The first-order valence-electron chi connectivity index (χ1n) is 12.0. The number of H-pyrrole nitrogens is 1. The predicted octanol–water partition coefficient (Wildman–Crippen LogP) is 2.56. The van der Waals surface area contributed by atoms with Crippen LogP contribution < -0.4 is 10.1 Å². The molecule has 0 bridgehead atoms. The number of aromatic amines is 1. The molecule has 38 heavy (non-hydrogen) atoms. The summed E-state index contributed by atoms with van der Waals surface area (Å²) in [6.45, 7) is 0.397. The number of fused-ring (bicyclic) bond motifs is 1. The number of hydrogen-bond donors (Lipinski definition) is 2. The molecular weight excluding hydrogens is 493 g/mol. The summed E-state index contributed by atoms with van der Waals surface area (Å²) in [5, 5.41) is 23.1. The van der Waals surface area contributed by atoms with Gasteiger partial charge in [-0.2, -0.15) is 15.5 Å². The average Bonchev–Trinajstić information content (AvgIpc) is 3.34. The van der Waals surface area contributed by atoms with Crippen molar-refractivity contribution < 1.29 is 18.7 Å². The minimum atomic E-state index is -0.577. The number of nitrogens with zero attached hydrogens (tertiary/aromatic N) is 7. The number of nitriles is 1. The molecule has 4 aromatic heterocycles. The first kappa shape index (κ1) is 23.5. The molecule has 1 aliphatic carbocycles. The van der Waals surface area contributed by atoms with Gasteiger partial charge in [0.2, 0.25) is 11.8 Å². The summed E-state index contributed by atoms with van der Waals surface area (Å²) in [6.07, 6.45) is 6.76. The second-order valence-corrected chi connectivity index (χ2v) is 9.48. The molecule has 1 saturated heterocycles. The van der Waals surface area contributed by atoms with E-state index in [1.807, 2.05) is 6.07 Å². The van der Waals surface area contributed by atoms with Crippen LogP contribution in [0.1, 0.15) is 41.9 Å². The van der Waals surface area contributed by atoms with Crippen LogP contribution >= 0.6 is 0 Å². The molecule has 2 aliphatic rings. The maximum Gasteiger partial charge on any atom is 0.272 e. The van der Waals surface area contributed by atoms with Gasteiger partial charge in [0.05, 0.1) is 25.2 Å². The Morgan fingerprint density at radius 2 is 2.16 bits per heavy atom. The SMILES string of the molecule is COc1cc(-c2cc(C(=O)N3CC[C@H](C(=O)Nc4cnn5ccc(C#N)nc45)CC34CC4)[nH]n2)c(F)cn1. The number of likely N-dealkylation sites (tertiary alicyclic amines) is 1. The number of pyridine rings is 1. The summed E-state index contributed by atoms with van der Waals surface area (Å²) in [5.41, 5.74) is 1.34. The number of nitrogens with one attached hydrogen (secondary N) is 2. The summed E-state index contributed by atoms with van der Waals surface area (Å²) in [6, 6.07) is 6.47. The van der Waals surface area contributed by atoms with Gasteiger partial charge in [-0.3, -0.25) is 14.7 Å². The highest BCUT2D eigenvalue weighted by atomic mass is 19.1. The van der Waals surface area contributed by atoms with Gasteiger partial charge < -0.3 is 15.0 Å². The molecule has 1 saturated carbocycles. The maximum atomic E-state index is 14.3. The summed E-state index contributed by atoms with van der Waals surface area (Å²) in [4.78, 5) is 36.4. The number of carbonyl (C=O) groups is 2. The molecule has 1 spiro atoms. The lowest BCUT2D eigenvalue weighted by Crippen LogP contribution is -2.50. The molecule has 6 rings (SSSR count). The van der Waals surface area contributed by atoms with Gasteiger partial charge in [-0.15, -0.1) is 0 Å². The summed E-state index contributed by atoms with van der Waals surface area (Å²) in [7, 11) is 1.43. The lowest BCUT2D eigenvalue weighted by atomic mass is 9.88. The van der Waals surface area contributed by atoms with E-state index < -0.39 is 11.4 Å². The first-order chi connectivity index (χ1) is 18.4. The zero-order chi connectivity index (χ0) is 26.4. The highest BCUT2D eigenvalue weighted by Gasteiger charge is 2.54. The fraction of sp³-hybridized carbons (Fsp3) is 0.320. The van der Waals surface area contributed by atoms with Crippen LogP contribution in [0.15, 0.2) is 36.8 Å². The van der Waals surface area contributed by atoms with Crippen LogP contribution in [0.2, 0.25) is 0 Å². The molecule has 2 N–H and O–H groups in total. The molecule has 1 aliphatic heterocycles. The second-order valence-electron chi connectivity index (χ2n) is 9.48. The molecule has 2 fully saturated rings. The first-order valence-corrected chi connectivity index (χ1v) is 12.0. The number of aromatic nitrogens is 6. The van der Waals surface area contributed by atoms with Gasteiger partial charge in [0.15, 0.2) is 11.5 Å². The van der Waals surface area contributed by atoms with Crippen LogP contribution in [-0.2, 0) is 4.79 Å². The molecule has 13 heteroatoms. The van der Waals surface area contributed by atoms with Gasteiger partial charge in [0, 0.05) is 35.8 Å². The number of ether oxygens (including phenoxy) is 1. The maximum absolute atomic E-state index is 14.3. The van der Waals surface area contributed by atoms with Crippen LogP contribution in [0.3, 0.4) is 0 Å². The van der Waals surface area contributed by atoms with Crippen molar-refractivity contribution in [1.82, 2.24) is 34.7 Å². The predicted molar refractivity (Wildman–Crippen MR) is 130 cm³/mol. The molecule has 192 valence electrons. The number of rotatable bonds is 5. The normalized spacial score (nSPS) is 17.8. The van der Waals surface area contributed by atoms with Crippen molar-refractivity contribution >= 4 is 23.1 Å². The third-order valence-corrected chi connectivity index (χ3v) is 7.21. The minimum absolute atomic E-state index is 0.173. The average molecular weight is 516 g/mol. The molecular formula is C25H22FN9O3. The van der Waals surface area contributed by atoms with Gasteiger partial charge >= 0.3 is 0 Å². The smallest absolute Gasteiger partial charge is 0.272 e. The van der Waals surface area contributed by atoms with Crippen molar-refractivity contribution in [3.05, 3.63) is 54.0 Å². The van der Waals surface area contributed by atoms with Crippen LogP contribution in [-0.4, -0.2) is 65.7 Å². The highest BCUT2D eigenvalue weighted by Crippen LogP contribution is 2.50. The van der Waals surface area contributed by atoms with Crippen molar-refractivity contribution in [2.45, 2.75) is 31.2 Å². The number of anilines is 1. The van der Waals surface area contributed by atoms with Crippen molar-refractivity contribution in [3.8, 4) is 23.2 Å². The molecule has 4 aromatic rings. The number of methoxy groups -OCH3 is 1. The van der Waals surface area contributed by atoms with Gasteiger partial charge in [0.1, 0.15) is 23.1 Å². The van der Waals surface area contributed by atoms with Crippen LogP contribution in [0.4, 0.5) is 10.1 Å². The summed E-state index contributed by atoms with van der Waals surface area (Å²) in [5.74, 6) is -1.05. The van der Waals surface area contributed by atoms with Gasteiger partial charge in [-0.05, 0) is 37.8 Å².